The molecule has 0 N–H and O–H groups in total. The first kappa shape index (κ1) is 13.6. The van der Waals surface area contributed by atoms with Gasteiger partial charge in [0, 0.05) is 38.7 Å². The van der Waals surface area contributed by atoms with Crippen LogP contribution < -0.4 is 0 Å². The Hall–Kier alpha value is -1.83. The highest BCUT2D eigenvalue weighted by Gasteiger charge is 2.36. The van der Waals surface area contributed by atoms with Crippen molar-refractivity contribution in [2.75, 3.05) is 0 Å². The minimum atomic E-state index is 0.597. The normalized spacial score (nSPS) is 18.3. The fourth-order valence-electron chi connectivity index (χ4n) is 4.01. The van der Waals surface area contributed by atoms with E-state index in [0.29, 0.717) is 16.0 Å². The summed E-state index contributed by atoms with van der Waals surface area (Å²) in [5.41, 5.74) is 7.46. The Morgan fingerprint density at radius 1 is 1.04 bits per heavy atom. The van der Waals surface area contributed by atoms with Gasteiger partial charge < -0.3 is 0 Å². The molecule has 0 bridgehead atoms. The largest absolute Gasteiger partial charge is 0.256 e. The second kappa shape index (κ2) is 4.83. The van der Waals surface area contributed by atoms with Crippen LogP contribution in [0, 0.1) is 0 Å². The van der Waals surface area contributed by atoms with Gasteiger partial charge in [-0.15, -0.1) is 0 Å². The van der Waals surface area contributed by atoms with Gasteiger partial charge >= 0.3 is 0 Å². The number of aromatic nitrogens is 1. The van der Waals surface area contributed by atoms with Gasteiger partial charge in [-0.1, -0.05) is 41.4 Å². The van der Waals surface area contributed by atoms with Crippen molar-refractivity contribution in [2.45, 2.75) is 18.8 Å². The van der Waals surface area contributed by atoms with Crippen molar-refractivity contribution >= 4 is 39.7 Å². The molecule has 5 rings (SSSR count). The van der Waals surface area contributed by atoms with E-state index < -0.39 is 0 Å². The molecule has 1 nitrogen and oxygen atoms in total. The van der Waals surface area contributed by atoms with Gasteiger partial charge in [-0.3, -0.25) is 4.98 Å². The Balaban J connectivity index is 1.86. The van der Waals surface area contributed by atoms with Crippen LogP contribution in [0.15, 0.2) is 48.7 Å². The van der Waals surface area contributed by atoms with Gasteiger partial charge in [0.25, 0.3) is 0 Å². The Morgan fingerprint density at radius 3 is 2.83 bits per heavy atom. The molecule has 112 valence electrons. The van der Waals surface area contributed by atoms with E-state index in [4.69, 9.17) is 23.2 Å². The summed E-state index contributed by atoms with van der Waals surface area (Å²) in [5.74, 6) is 0.597. The van der Waals surface area contributed by atoms with Crippen molar-refractivity contribution < 1.29 is 0 Å². The van der Waals surface area contributed by atoms with Gasteiger partial charge in [0.05, 0.1) is 5.52 Å². The molecule has 23 heavy (non-hydrogen) atoms. The fraction of sp³-hybridized carbons (Fsp3) is 0.150. The Morgan fingerprint density at radius 2 is 1.96 bits per heavy atom. The van der Waals surface area contributed by atoms with E-state index in [1.807, 2.05) is 24.4 Å². The third-order valence-corrected chi connectivity index (χ3v) is 5.55. The summed E-state index contributed by atoms with van der Waals surface area (Å²) in [4.78, 5) is 4.65. The zero-order valence-corrected chi connectivity index (χ0v) is 13.8. The lowest BCUT2D eigenvalue weighted by molar-refractivity contribution is 0.781. The van der Waals surface area contributed by atoms with Gasteiger partial charge in [0.15, 0.2) is 0 Å². The van der Waals surface area contributed by atoms with E-state index in [0.717, 1.165) is 16.6 Å². The molecule has 3 aromatic rings. The molecule has 1 aromatic heterocycles. The van der Waals surface area contributed by atoms with Crippen LogP contribution in [0.1, 0.15) is 29.9 Å². The molecule has 1 atom stereocenters. The van der Waals surface area contributed by atoms with Crippen molar-refractivity contribution in [1.29, 1.82) is 0 Å². The van der Waals surface area contributed by atoms with E-state index >= 15 is 0 Å². The molecular weight excluding hydrogens is 325 g/mol. The summed E-state index contributed by atoms with van der Waals surface area (Å²) in [5, 5.41) is 2.56. The number of pyridine rings is 1. The highest BCUT2D eigenvalue weighted by Crippen LogP contribution is 2.56. The average molecular weight is 338 g/mol. The van der Waals surface area contributed by atoms with E-state index in [1.165, 1.54) is 34.9 Å². The third kappa shape index (κ3) is 1.84. The maximum Gasteiger partial charge on any atom is 0.0787 e. The van der Waals surface area contributed by atoms with E-state index in [1.54, 1.807) is 6.07 Å². The number of allylic oxidation sites excluding steroid dienone is 2. The van der Waals surface area contributed by atoms with Gasteiger partial charge in [0.1, 0.15) is 0 Å². The maximum atomic E-state index is 6.46. The monoisotopic (exact) mass is 337 g/mol. The predicted octanol–water partition coefficient (Wildman–Crippen LogP) is 6.48. The molecule has 0 amide bonds. The number of fused-ring (bicyclic) bond motifs is 6. The SMILES string of the molecule is Clc1ccc(-c2cc3c(c4cccnc24)C2=CCCC23)c(Cl)c1. The molecule has 0 fully saturated rings. The molecule has 2 aliphatic carbocycles. The van der Waals surface area contributed by atoms with Crippen LogP contribution in [0.5, 0.6) is 0 Å². The van der Waals surface area contributed by atoms with E-state index in [9.17, 15) is 0 Å². The Kier molecular flexibility index (Phi) is 2.86. The molecular formula is C20H13Cl2N. The van der Waals surface area contributed by atoms with Crippen LogP contribution in [0.4, 0.5) is 0 Å². The number of rotatable bonds is 1. The van der Waals surface area contributed by atoms with Gasteiger partial charge in [-0.25, -0.2) is 0 Å². The standard InChI is InChI=1S/C20H13Cl2N/c21-11-6-7-13(18(22)9-11)17-10-16-12-3-1-4-14(12)19(16)15-5-2-8-23-20(15)17/h2,4-10,12H,1,3H2. The van der Waals surface area contributed by atoms with E-state index in [-0.39, 0.29) is 0 Å². The smallest absolute Gasteiger partial charge is 0.0787 e. The molecule has 2 aliphatic rings. The summed E-state index contributed by atoms with van der Waals surface area (Å²) in [7, 11) is 0. The van der Waals surface area contributed by atoms with E-state index in [2.05, 4.69) is 23.2 Å². The molecule has 0 radical (unpaired) electrons. The van der Waals surface area contributed by atoms with Gasteiger partial charge in [-0.05, 0) is 53.8 Å². The zero-order chi connectivity index (χ0) is 15.6. The predicted molar refractivity (Wildman–Crippen MR) is 97.2 cm³/mol. The second-order valence-electron chi connectivity index (χ2n) is 6.20. The lowest BCUT2D eigenvalue weighted by Crippen LogP contribution is -2.14. The number of benzene rings is 2. The Bertz CT molecular complexity index is 1000. The minimum absolute atomic E-state index is 0.597. The first-order valence-corrected chi connectivity index (χ1v) is 8.57. The molecule has 0 saturated carbocycles. The third-order valence-electron chi connectivity index (χ3n) is 5.00. The summed E-state index contributed by atoms with van der Waals surface area (Å²) in [6.07, 6.45) is 6.63. The molecule has 0 spiro atoms. The van der Waals surface area contributed by atoms with Gasteiger partial charge in [0.2, 0.25) is 0 Å². The molecule has 0 aliphatic heterocycles. The zero-order valence-electron chi connectivity index (χ0n) is 12.3. The lowest BCUT2D eigenvalue weighted by Gasteiger charge is -2.32. The first-order chi connectivity index (χ1) is 11.2. The second-order valence-corrected chi connectivity index (χ2v) is 7.05. The quantitative estimate of drug-likeness (QED) is 0.495. The number of nitrogens with zero attached hydrogens (tertiary/aromatic N) is 1. The van der Waals surface area contributed by atoms with Crippen molar-refractivity contribution in [3.63, 3.8) is 0 Å². The number of hydrogen-bond donors (Lipinski definition) is 0. The summed E-state index contributed by atoms with van der Waals surface area (Å²) >= 11 is 12.5. The van der Waals surface area contributed by atoms with Crippen molar-refractivity contribution in [2.24, 2.45) is 0 Å². The van der Waals surface area contributed by atoms with Crippen molar-refractivity contribution in [3.05, 3.63) is 69.8 Å². The highest BCUT2D eigenvalue weighted by molar-refractivity contribution is 6.36. The van der Waals surface area contributed by atoms with Crippen LogP contribution in [-0.4, -0.2) is 4.98 Å². The summed E-state index contributed by atoms with van der Waals surface area (Å²) in [6, 6.07) is 12.1. The fourth-order valence-corrected chi connectivity index (χ4v) is 4.52. The molecule has 2 aromatic carbocycles. The van der Waals surface area contributed by atoms with Crippen LogP contribution >= 0.6 is 23.2 Å². The summed E-state index contributed by atoms with van der Waals surface area (Å²) < 4.78 is 0. The average Bonchev–Trinajstić information content (AvgIpc) is 2.95. The molecule has 3 heteroatoms. The maximum absolute atomic E-state index is 6.46. The highest BCUT2D eigenvalue weighted by atomic mass is 35.5. The summed E-state index contributed by atoms with van der Waals surface area (Å²) in [6.45, 7) is 0. The topological polar surface area (TPSA) is 12.9 Å². The molecule has 1 unspecified atom stereocenters. The molecule has 0 saturated heterocycles. The van der Waals surface area contributed by atoms with Crippen molar-refractivity contribution in [3.8, 4) is 11.1 Å². The van der Waals surface area contributed by atoms with Crippen LogP contribution in [0.2, 0.25) is 10.0 Å². The molecule has 1 heterocycles. The van der Waals surface area contributed by atoms with Gasteiger partial charge in [-0.2, -0.15) is 0 Å². The number of hydrogen-bond acceptors (Lipinski definition) is 1. The lowest BCUT2D eigenvalue weighted by atomic mass is 9.71. The van der Waals surface area contributed by atoms with Crippen LogP contribution in [-0.2, 0) is 0 Å². The van der Waals surface area contributed by atoms with Crippen LogP contribution in [0.3, 0.4) is 0 Å². The first-order valence-electron chi connectivity index (χ1n) is 7.81. The van der Waals surface area contributed by atoms with Crippen molar-refractivity contribution in [1.82, 2.24) is 4.98 Å². The number of halogens is 2. The Labute approximate surface area is 144 Å². The minimum Gasteiger partial charge on any atom is -0.256 e. The van der Waals surface area contributed by atoms with Crippen LogP contribution in [0.25, 0.3) is 27.6 Å².